The molecule has 6 nitrogen and oxygen atoms in total. The predicted molar refractivity (Wildman–Crippen MR) is 98.5 cm³/mol. The Balaban J connectivity index is 1.79. The van der Waals surface area contributed by atoms with Gasteiger partial charge in [0.2, 0.25) is 0 Å². The Kier molecular flexibility index (Phi) is 5.24. The van der Waals surface area contributed by atoms with E-state index in [-0.39, 0.29) is 11.6 Å². The Labute approximate surface area is 150 Å². The lowest BCUT2D eigenvalue weighted by Gasteiger charge is -2.20. The van der Waals surface area contributed by atoms with E-state index in [2.05, 4.69) is 0 Å². The molecule has 0 fully saturated rings. The number of nitro groups is 1. The third-order valence-electron chi connectivity index (χ3n) is 3.75. The van der Waals surface area contributed by atoms with Gasteiger partial charge in [0.05, 0.1) is 17.7 Å². The van der Waals surface area contributed by atoms with Crippen LogP contribution in [-0.2, 0) is 11.3 Å². The summed E-state index contributed by atoms with van der Waals surface area (Å²) in [7, 11) is 0. The molecular formula is C20H16N2O4. The highest BCUT2D eigenvalue weighted by Gasteiger charge is 2.15. The summed E-state index contributed by atoms with van der Waals surface area (Å²) in [6, 6.07) is 18.9. The molecular weight excluding hydrogens is 332 g/mol. The molecule has 0 aliphatic heterocycles. The topological polar surface area (TPSA) is 76.6 Å². The summed E-state index contributed by atoms with van der Waals surface area (Å²) in [6.45, 7) is 0.306. The van der Waals surface area contributed by atoms with Gasteiger partial charge in [-0.05, 0) is 48.0 Å². The third kappa shape index (κ3) is 4.24. The molecule has 0 aliphatic rings. The van der Waals surface area contributed by atoms with Gasteiger partial charge in [-0.3, -0.25) is 14.9 Å². The summed E-state index contributed by atoms with van der Waals surface area (Å²) in [6.07, 6.45) is 4.64. The van der Waals surface area contributed by atoms with E-state index in [1.165, 1.54) is 18.2 Å². The van der Waals surface area contributed by atoms with Crippen LogP contribution in [0.3, 0.4) is 0 Å². The Morgan fingerprint density at radius 3 is 2.38 bits per heavy atom. The van der Waals surface area contributed by atoms with Crippen LogP contribution in [0.2, 0.25) is 0 Å². The van der Waals surface area contributed by atoms with Crippen LogP contribution in [0.4, 0.5) is 11.4 Å². The van der Waals surface area contributed by atoms with Gasteiger partial charge in [-0.15, -0.1) is 0 Å². The predicted octanol–water partition coefficient (Wildman–Crippen LogP) is 4.43. The smallest absolute Gasteiger partial charge is 0.269 e. The summed E-state index contributed by atoms with van der Waals surface area (Å²) in [5, 5.41) is 10.7. The SMILES string of the molecule is O=C(/C=C/c1ccc([N+](=O)[O-])cc1)N(Cc1ccco1)c1ccccc1. The molecule has 0 bridgehead atoms. The van der Waals surface area contributed by atoms with Crippen molar-refractivity contribution in [3.05, 3.63) is 101 Å². The molecule has 1 aromatic heterocycles. The van der Waals surface area contributed by atoms with Gasteiger partial charge in [0.1, 0.15) is 5.76 Å². The van der Waals surface area contributed by atoms with Gasteiger partial charge in [-0.2, -0.15) is 0 Å². The van der Waals surface area contributed by atoms with Crippen molar-refractivity contribution in [2.24, 2.45) is 0 Å². The standard InChI is InChI=1S/C20H16N2O4/c23-20(13-10-16-8-11-18(12-9-16)22(24)25)21(15-19-7-4-14-26-19)17-5-2-1-3-6-17/h1-14H,15H2/b13-10+. The molecule has 6 heteroatoms. The monoisotopic (exact) mass is 348 g/mol. The molecule has 1 heterocycles. The average Bonchev–Trinajstić information content (AvgIpc) is 3.18. The van der Waals surface area contributed by atoms with E-state index in [0.717, 1.165) is 5.69 Å². The molecule has 0 N–H and O–H groups in total. The molecule has 0 aliphatic carbocycles. The van der Waals surface area contributed by atoms with Crippen LogP contribution in [0.1, 0.15) is 11.3 Å². The molecule has 130 valence electrons. The zero-order valence-corrected chi connectivity index (χ0v) is 13.8. The Hall–Kier alpha value is -3.67. The number of non-ortho nitro benzene ring substituents is 1. The number of benzene rings is 2. The number of rotatable bonds is 6. The van der Waals surface area contributed by atoms with Crippen molar-refractivity contribution >= 4 is 23.4 Å². The molecule has 0 saturated heterocycles. The summed E-state index contributed by atoms with van der Waals surface area (Å²) in [5.41, 5.74) is 1.47. The second-order valence-corrected chi connectivity index (χ2v) is 5.52. The second kappa shape index (κ2) is 7.94. The van der Waals surface area contributed by atoms with E-state index in [9.17, 15) is 14.9 Å². The summed E-state index contributed by atoms with van der Waals surface area (Å²) >= 11 is 0. The molecule has 2 aromatic carbocycles. The van der Waals surface area contributed by atoms with Crippen LogP contribution in [0.25, 0.3) is 6.08 Å². The van der Waals surface area contributed by atoms with Gasteiger partial charge in [-0.25, -0.2) is 0 Å². The molecule has 0 spiro atoms. The number of carbonyl (C=O) groups is 1. The maximum absolute atomic E-state index is 12.7. The van der Waals surface area contributed by atoms with E-state index in [1.807, 2.05) is 36.4 Å². The first-order valence-electron chi connectivity index (χ1n) is 7.95. The minimum Gasteiger partial charge on any atom is -0.467 e. The van der Waals surface area contributed by atoms with Crippen LogP contribution in [0.5, 0.6) is 0 Å². The molecule has 0 atom stereocenters. The zero-order valence-electron chi connectivity index (χ0n) is 13.8. The Morgan fingerprint density at radius 1 is 1.04 bits per heavy atom. The van der Waals surface area contributed by atoms with Crippen molar-refractivity contribution in [3.8, 4) is 0 Å². The van der Waals surface area contributed by atoms with E-state index >= 15 is 0 Å². The number of nitrogens with zero attached hydrogens (tertiary/aromatic N) is 2. The van der Waals surface area contributed by atoms with Crippen molar-refractivity contribution < 1.29 is 14.1 Å². The van der Waals surface area contributed by atoms with Gasteiger partial charge in [0.15, 0.2) is 0 Å². The van der Waals surface area contributed by atoms with Gasteiger partial charge in [0.25, 0.3) is 11.6 Å². The van der Waals surface area contributed by atoms with Gasteiger partial charge < -0.3 is 9.32 Å². The molecule has 1 amide bonds. The largest absolute Gasteiger partial charge is 0.467 e. The van der Waals surface area contributed by atoms with Crippen molar-refractivity contribution in [3.63, 3.8) is 0 Å². The van der Waals surface area contributed by atoms with Crippen molar-refractivity contribution in [1.29, 1.82) is 0 Å². The second-order valence-electron chi connectivity index (χ2n) is 5.52. The van der Waals surface area contributed by atoms with Gasteiger partial charge in [-0.1, -0.05) is 18.2 Å². The van der Waals surface area contributed by atoms with Crippen molar-refractivity contribution in [1.82, 2.24) is 0 Å². The molecule has 0 saturated carbocycles. The minimum absolute atomic E-state index is 0.0113. The van der Waals surface area contributed by atoms with Crippen LogP contribution >= 0.6 is 0 Å². The van der Waals surface area contributed by atoms with E-state index in [4.69, 9.17) is 4.42 Å². The first kappa shape index (κ1) is 17.2. The lowest BCUT2D eigenvalue weighted by Crippen LogP contribution is -2.28. The number of hydrogen-bond acceptors (Lipinski definition) is 4. The number of para-hydroxylation sites is 1. The van der Waals surface area contributed by atoms with Gasteiger partial charge >= 0.3 is 0 Å². The number of hydrogen-bond donors (Lipinski definition) is 0. The van der Waals surface area contributed by atoms with Crippen LogP contribution in [-0.4, -0.2) is 10.8 Å². The average molecular weight is 348 g/mol. The zero-order chi connectivity index (χ0) is 18.4. The summed E-state index contributed by atoms with van der Waals surface area (Å²) in [4.78, 5) is 24.5. The highest BCUT2D eigenvalue weighted by Crippen LogP contribution is 2.19. The lowest BCUT2D eigenvalue weighted by atomic mass is 10.2. The first-order valence-corrected chi connectivity index (χ1v) is 7.95. The number of nitro benzene ring substituents is 1. The van der Waals surface area contributed by atoms with Crippen molar-refractivity contribution in [2.45, 2.75) is 6.54 Å². The highest BCUT2D eigenvalue weighted by atomic mass is 16.6. The number of carbonyl (C=O) groups excluding carboxylic acids is 1. The molecule has 0 radical (unpaired) electrons. The van der Waals surface area contributed by atoms with Crippen molar-refractivity contribution in [2.75, 3.05) is 4.90 Å². The van der Waals surface area contributed by atoms with Crippen LogP contribution < -0.4 is 4.90 Å². The quantitative estimate of drug-likeness (QED) is 0.375. The fourth-order valence-corrected chi connectivity index (χ4v) is 2.43. The molecule has 26 heavy (non-hydrogen) atoms. The molecule has 0 unspecified atom stereocenters. The highest BCUT2D eigenvalue weighted by molar-refractivity contribution is 6.03. The Morgan fingerprint density at radius 2 is 1.77 bits per heavy atom. The fraction of sp³-hybridized carbons (Fsp3) is 0.0500. The third-order valence-corrected chi connectivity index (χ3v) is 3.75. The summed E-state index contributed by atoms with van der Waals surface area (Å²) < 4.78 is 5.35. The maximum Gasteiger partial charge on any atom is 0.269 e. The van der Waals surface area contributed by atoms with E-state index in [0.29, 0.717) is 17.9 Å². The minimum atomic E-state index is -0.459. The van der Waals surface area contributed by atoms with Crippen LogP contribution in [0.15, 0.2) is 83.5 Å². The lowest BCUT2D eigenvalue weighted by molar-refractivity contribution is -0.384. The number of anilines is 1. The van der Waals surface area contributed by atoms with Crippen LogP contribution in [0, 0.1) is 10.1 Å². The van der Waals surface area contributed by atoms with E-state index < -0.39 is 4.92 Å². The van der Waals surface area contributed by atoms with Gasteiger partial charge in [0, 0.05) is 23.9 Å². The molecule has 3 rings (SSSR count). The normalized spacial score (nSPS) is 10.8. The molecule has 3 aromatic rings. The number of furan rings is 1. The Bertz CT molecular complexity index is 901. The van der Waals surface area contributed by atoms with E-state index in [1.54, 1.807) is 35.4 Å². The fourth-order valence-electron chi connectivity index (χ4n) is 2.43. The first-order chi connectivity index (χ1) is 12.6. The maximum atomic E-state index is 12.7. The summed E-state index contributed by atoms with van der Waals surface area (Å²) in [5.74, 6) is 0.455. The number of amides is 1.